The van der Waals surface area contributed by atoms with Gasteiger partial charge in [-0.2, -0.15) is 0 Å². The van der Waals surface area contributed by atoms with Crippen LogP contribution in [0.1, 0.15) is 38.2 Å². The molecule has 0 bridgehead atoms. The molecule has 0 saturated carbocycles. The van der Waals surface area contributed by atoms with Crippen molar-refractivity contribution in [3.8, 4) is 0 Å². The topological polar surface area (TPSA) is 80.4 Å². The standard InChI is InChI=1S/C14H16N2O3.C3H8O/c1-14(2,3)19-13(18)16-10-4-5-12-9(6-10)7-11(8-17)15-12;1-3-4-2/h4-8,15H,1-3H3,(H,16,18);3H2,1-2H3. The van der Waals surface area contributed by atoms with E-state index in [1.54, 1.807) is 52.1 Å². The predicted molar refractivity (Wildman–Crippen MR) is 91.1 cm³/mol. The van der Waals surface area contributed by atoms with Gasteiger partial charge in [0.15, 0.2) is 6.29 Å². The summed E-state index contributed by atoms with van der Waals surface area (Å²) in [6, 6.07) is 7.05. The number of aromatic amines is 1. The Morgan fingerprint density at radius 1 is 1.30 bits per heavy atom. The smallest absolute Gasteiger partial charge is 0.412 e. The first-order valence-electron chi connectivity index (χ1n) is 7.36. The van der Waals surface area contributed by atoms with Crippen molar-refractivity contribution in [1.29, 1.82) is 0 Å². The Hall–Kier alpha value is -2.34. The number of benzene rings is 1. The summed E-state index contributed by atoms with van der Waals surface area (Å²) < 4.78 is 9.71. The van der Waals surface area contributed by atoms with Crippen LogP contribution in [0.3, 0.4) is 0 Å². The number of anilines is 1. The highest BCUT2D eigenvalue weighted by Gasteiger charge is 2.16. The van der Waals surface area contributed by atoms with Gasteiger partial charge in [0.25, 0.3) is 0 Å². The van der Waals surface area contributed by atoms with Crippen molar-refractivity contribution in [1.82, 2.24) is 4.98 Å². The fraction of sp³-hybridized carbons (Fsp3) is 0.412. The zero-order chi connectivity index (χ0) is 17.5. The summed E-state index contributed by atoms with van der Waals surface area (Å²) in [4.78, 5) is 25.3. The van der Waals surface area contributed by atoms with Crippen LogP contribution in [0.15, 0.2) is 24.3 Å². The Balaban J connectivity index is 0.000000593. The highest BCUT2D eigenvalue weighted by molar-refractivity contribution is 5.93. The van der Waals surface area contributed by atoms with Gasteiger partial charge in [0, 0.05) is 30.3 Å². The lowest BCUT2D eigenvalue weighted by Crippen LogP contribution is -2.27. The summed E-state index contributed by atoms with van der Waals surface area (Å²) in [5, 5.41) is 3.51. The van der Waals surface area contributed by atoms with Crippen LogP contribution in [-0.4, -0.2) is 36.7 Å². The van der Waals surface area contributed by atoms with Crippen molar-refractivity contribution >= 4 is 29.0 Å². The van der Waals surface area contributed by atoms with Crippen LogP contribution in [0.4, 0.5) is 10.5 Å². The van der Waals surface area contributed by atoms with Crippen LogP contribution < -0.4 is 5.32 Å². The van der Waals surface area contributed by atoms with Crippen molar-refractivity contribution in [3.05, 3.63) is 30.0 Å². The molecule has 1 aromatic heterocycles. The molecular weight excluding hydrogens is 296 g/mol. The molecule has 0 saturated heterocycles. The molecule has 2 rings (SSSR count). The normalized spacial score (nSPS) is 10.7. The van der Waals surface area contributed by atoms with E-state index in [9.17, 15) is 9.59 Å². The Morgan fingerprint density at radius 3 is 2.48 bits per heavy atom. The molecule has 0 radical (unpaired) electrons. The Morgan fingerprint density at radius 2 is 1.96 bits per heavy atom. The monoisotopic (exact) mass is 320 g/mol. The molecule has 6 nitrogen and oxygen atoms in total. The minimum absolute atomic E-state index is 0.502. The second-order valence-corrected chi connectivity index (χ2v) is 5.85. The fourth-order valence-electron chi connectivity index (χ4n) is 1.72. The third-order valence-electron chi connectivity index (χ3n) is 2.70. The van der Waals surface area contributed by atoms with Crippen LogP contribution in [0.5, 0.6) is 0 Å². The van der Waals surface area contributed by atoms with Gasteiger partial charge in [0.05, 0.1) is 5.69 Å². The van der Waals surface area contributed by atoms with E-state index in [0.29, 0.717) is 11.4 Å². The first-order valence-corrected chi connectivity index (χ1v) is 7.36. The molecule has 1 heterocycles. The van der Waals surface area contributed by atoms with E-state index >= 15 is 0 Å². The molecule has 126 valence electrons. The zero-order valence-electron chi connectivity index (χ0n) is 14.2. The molecule has 23 heavy (non-hydrogen) atoms. The van der Waals surface area contributed by atoms with Crippen LogP contribution in [0.25, 0.3) is 10.9 Å². The lowest BCUT2D eigenvalue weighted by molar-refractivity contribution is 0.0636. The number of fused-ring (bicyclic) bond motifs is 1. The molecular formula is C17H24N2O4. The minimum Gasteiger partial charge on any atom is -0.444 e. The second-order valence-electron chi connectivity index (χ2n) is 5.85. The third-order valence-corrected chi connectivity index (χ3v) is 2.70. The van der Waals surface area contributed by atoms with Crippen LogP contribution in [-0.2, 0) is 9.47 Å². The molecule has 2 N–H and O–H groups in total. The number of H-pyrrole nitrogens is 1. The van der Waals surface area contributed by atoms with E-state index in [4.69, 9.17) is 4.74 Å². The average Bonchev–Trinajstić information content (AvgIpc) is 2.87. The Labute approximate surface area is 136 Å². The van der Waals surface area contributed by atoms with Crippen LogP contribution in [0, 0.1) is 0 Å². The number of methoxy groups -OCH3 is 1. The molecule has 6 heteroatoms. The highest BCUT2D eigenvalue weighted by atomic mass is 16.6. The lowest BCUT2D eigenvalue weighted by atomic mass is 10.2. The van der Waals surface area contributed by atoms with Crippen molar-refractivity contribution in [3.63, 3.8) is 0 Å². The van der Waals surface area contributed by atoms with Crippen LogP contribution >= 0.6 is 0 Å². The molecule has 0 atom stereocenters. The van der Waals surface area contributed by atoms with Crippen molar-refractivity contribution in [2.45, 2.75) is 33.3 Å². The fourth-order valence-corrected chi connectivity index (χ4v) is 1.72. The number of aromatic nitrogens is 1. The number of hydrogen-bond acceptors (Lipinski definition) is 4. The first-order chi connectivity index (χ1) is 10.8. The highest BCUT2D eigenvalue weighted by Crippen LogP contribution is 2.20. The predicted octanol–water partition coefficient (Wildman–Crippen LogP) is 3.98. The largest absolute Gasteiger partial charge is 0.444 e. The van der Waals surface area contributed by atoms with Gasteiger partial charge in [0.2, 0.25) is 0 Å². The molecule has 0 aliphatic carbocycles. The Bertz CT molecular complexity index is 654. The number of carbonyl (C=O) groups is 2. The van der Waals surface area contributed by atoms with Crippen LogP contribution in [0.2, 0.25) is 0 Å². The average molecular weight is 320 g/mol. The molecule has 0 unspecified atom stereocenters. The number of nitrogens with one attached hydrogen (secondary N) is 2. The number of hydrogen-bond donors (Lipinski definition) is 2. The number of rotatable bonds is 3. The summed E-state index contributed by atoms with van der Waals surface area (Å²) in [6.07, 6.45) is 0.249. The van der Waals surface area contributed by atoms with Gasteiger partial charge in [-0.15, -0.1) is 0 Å². The van der Waals surface area contributed by atoms with Gasteiger partial charge in [0.1, 0.15) is 5.60 Å². The lowest BCUT2D eigenvalue weighted by Gasteiger charge is -2.19. The molecule has 1 amide bonds. The number of amides is 1. The minimum atomic E-state index is -0.535. The quantitative estimate of drug-likeness (QED) is 0.838. The van der Waals surface area contributed by atoms with E-state index in [1.165, 1.54) is 0 Å². The van der Waals surface area contributed by atoms with Gasteiger partial charge >= 0.3 is 6.09 Å². The van der Waals surface area contributed by atoms with Crippen molar-refractivity contribution in [2.75, 3.05) is 19.0 Å². The van der Waals surface area contributed by atoms with Crippen molar-refractivity contribution < 1.29 is 19.1 Å². The van der Waals surface area contributed by atoms with Gasteiger partial charge in [-0.1, -0.05) is 0 Å². The summed E-state index contributed by atoms with van der Waals surface area (Å²) in [5.74, 6) is 0. The summed E-state index contributed by atoms with van der Waals surface area (Å²) in [5.41, 5.74) is 1.44. The van der Waals surface area contributed by atoms with Gasteiger partial charge < -0.3 is 14.5 Å². The Kier molecular flexibility index (Phi) is 6.78. The summed E-state index contributed by atoms with van der Waals surface area (Å²) >= 11 is 0. The number of ether oxygens (including phenoxy) is 2. The third kappa shape index (κ3) is 6.52. The van der Waals surface area contributed by atoms with Gasteiger partial charge in [-0.25, -0.2) is 4.79 Å². The van der Waals surface area contributed by atoms with E-state index in [0.717, 1.165) is 23.8 Å². The van der Waals surface area contributed by atoms with Crippen molar-refractivity contribution in [2.24, 2.45) is 0 Å². The first kappa shape index (κ1) is 18.7. The van der Waals surface area contributed by atoms with Gasteiger partial charge in [-0.05, 0) is 52.0 Å². The molecule has 1 aromatic carbocycles. The zero-order valence-corrected chi connectivity index (χ0v) is 14.2. The van der Waals surface area contributed by atoms with Gasteiger partial charge in [-0.3, -0.25) is 10.1 Å². The molecule has 0 spiro atoms. The second kappa shape index (κ2) is 8.33. The SMILES string of the molecule is CC(C)(C)OC(=O)Nc1ccc2[nH]c(C=O)cc2c1.CCOC. The molecule has 0 fully saturated rings. The number of aldehydes is 1. The maximum absolute atomic E-state index is 11.6. The molecule has 2 aromatic rings. The maximum atomic E-state index is 11.6. The maximum Gasteiger partial charge on any atom is 0.412 e. The molecule has 0 aliphatic rings. The summed E-state index contributed by atoms with van der Waals surface area (Å²) in [6.45, 7) is 8.19. The van der Waals surface area contributed by atoms with E-state index in [-0.39, 0.29) is 0 Å². The van der Waals surface area contributed by atoms with E-state index in [1.807, 2.05) is 6.92 Å². The van der Waals surface area contributed by atoms with E-state index in [2.05, 4.69) is 15.0 Å². The van der Waals surface area contributed by atoms with E-state index < -0.39 is 11.7 Å². The number of carbonyl (C=O) groups excluding carboxylic acids is 2. The molecule has 0 aliphatic heterocycles. The summed E-state index contributed by atoms with van der Waals surface area (Å²) in [7, 11) is 1.68.